The molecule has 10 nitrogen and oxygen atoms in total. The predicted molar refractivity (Wildman–Crippen MR) is 163 cm³/mol. The quantitative estimate of drug-likeness (QED) is 0.296. The number of alkyl halides is 3. The van der Waals surface area contributed by atoms with Crippen LogP contribution >= 0.6 is 0 Å². The number of piperidine rings is 1. The highest BCUT2D eigenvalue weighted by Gasteiger charge is 2.46. The van der Waals surface area contributed by atoms with Crippen molar-refractivity contribution in [2.24, 2.45) is 5.41 Å². The van der Waals surface area contributed by atoms with Crippen LogP contribution in [-0.2, 0) is 21.1 Å². The number of carboxylic acid groups (broad SMARTS) is 1. The van der Waals surface area contributed by atoms with Gasteiger partial charge in [0.05, 0.1) is 4.90 Å². The molecule has 2 aromatic carbocycles. The zero-order chi connectivity index (χ0) is 32.6. The first-order chi connectivity index (χ1) is 21.2. The number of aliphatic carboxylic acids is 1. The van der Waals surface area contributed by atoms with Crippen LogP contribution in [0, 0.1) is 5.41 Å². The molecule has 5 rings (SSSR count). The number of carbonyl (C=O) groups is 1. The van der Waals surface area contributed by atoms with Crippen molar-refractivity contribution in [1.82, 2.24) is 15.3 Å². The number of carboxylic acids is 1. The van der Waals surface area contributed by atoms with E-state index in [1.165, 1.54) is 30.3 Å². The molecule has 2 saturated heterocycles. The number of nitrogens with one attached hydrogen (secondary N) is 1. The van der Waals surface area contributed by atoms with Crippen LogP contribution in [-0.4, -0.2) is 67.6 Å². The molecule has 45 heavy (non-hydrogen) atoms. The molecule has 1 unspecified atom stereocenters. The summed E-state index contributed by atoms with van der Waals surface area (Å²) >= 11 is 0. The second-order valence-electron chi connectivity index (χ2n) is 11.9. The van der Waals surface area contributed by atoms with Crippen molar-refractivity contribution in [3.8, 4) is 17.0 Å². The molecule has 242 valence electrons. The summed E-state index contributed by atoms with van der Waals surface area (Å²) in [4.78, 5) is 21.5. The van der Waals surface area contributed by atoms with E-state index in [0.29, 0.717) is 68.7 Å². The van der Waals surface area contributed by atoms with Crippen molar-refractivity contribution in [2.75, 3.05) is 36.5 Å². The molecule has 14 heteroatoms. The van der Waals surface area contributed by atoms with Gasteiger partial charge in [0.2, 0.25) is 17.9 Å². The fourth-order valence-electron chi connectivity index (χ4n) is 6.19. The standard InChI is InChI=1S/C31H36F3N5O5S/c1-3-5-19-8-9-22(20-6-4-7-21(15-20)45(2,42)43)23(14-19)27(31(32,33)34)44-26-16-25(37-29(35)38-26)39-12-10-30(11-13-39)17-24(28(40)41)36-18-30/h4,6-9,14-16,24,27,36H,3,5,10-13,17-18H2,1-2H3,(H,40,41)(H2,35,37,38)/t24?,27-/m1/s1. The van der Waals surface area contributed by atoms with Crippen molar-refractivity contribution in [2.45, 2.75) is 62.2 Å². The Labute approximate surface area is 259 Å². The van der Waals surface area contributed by atoms with E-state index in [2.05, 4.69) is 15.3 Å². The highest BCUT2D eigenvalue weighted by molar-refractivity contribution is 7.90. The van der Waals surface area contributed by atoms with E-state index in [9.17, 15) is 31.5 Å². The topological polar surface area (TPSA) is 148 Å². The molecule has 0 radical (unpaired) electrons. The van der Waals surface area contributed by atoms with Gasteiger partial charge in [-0.05, 0) is 59.9 Å². The smallest absolute Gasteiger partial charge is 0.429 e. The van der Waals surface area contributed by atoms with Crippen molar-refractivity contribution < 1.29 is 36.2 Å². The Morgan fingerprint density at radius 2 is 1.91 bits per heavy atom. The number of rotatable bonds is 9. The Kier molecular flexibility index (Phi) is 9.00. The van der Waals surface area contributed by atoms with Gasteiger partial charge in [-0.3, -0.25) is 4.79 Å². The fraction of sp³-hybridized carbons (Fsp3) is 0.452. The van der Waals surface area contributed by atoms with Crippen molar-refractivity contribution >= 4 is 27.6 Å². The van der Waals surface area contributed by atoms with E-state index < -0.39 is 34.1 Å². The average Bonchev–Trinajstić information content (AvgIpc) is 3.39. The third-order valence-corrected chi connectivity index (χ3v) is 9.67. The lowest BCUT2D eigenvalue weighted by molar-refractivity contribution is -0.198. The second-order valence-corrected chi connectivity index (χ2v) is 13.9. The van der Waals surface area contributed by atoms with Crippen molar-refractivity contribution in [3.05, 3.63) is 59.7 Å². The molecule has 0 amide bonds. The molecular formula is C31H36F3N5O5S. The summed E-state index contributed by atoms with van der Waals surface area (Å²) in [6, 6.07) is 11.3. The van der Waals surface area contributed by atoms with Crippen LogP contribution in [0.15, 0.2) is 53.4 Å². The van der Waals surface area contributed by atoms with Crippen LogP contribution in [0.2, 0.25) is 0 Å². The predicted octanol–water partition coefficient (Wildman–Crippen LogP) is 4.80. The minimum Gasteiger partial charge on any atom is -0.480 e. The van der Waals surface area contributed by atoms with Gasteiger partial charge in [0.1, 0.15) is 11.9 Å². The molecule has 2 atom stereocenters. The third-order valence-electron chi connectivity index (χ3n) is 8.56. The lowest BCUT2D eigenvalue weighted by Gasteiger charge is -2.39. The number of nitrogen functional groups attached to an aromatic ring is 1. The number of benzene rings is 2. The maximum Gasteiger partial charge on any atom is 0.429 e. The molecule has 3 heterocycles. The van der Waals surface area contributed by atoms with Gasteiger partial charge in [-0.25, -0.2) is 8.42 Å². The van der Waals surface area contributed by atoms with E-state index in [4.69, 9.17) is 10.5 Å². The van der Waals surface area contributed by atoms with Gasteiger partial charge in [0, 0.05) is 37.5 Å². The maximum absolute atomic E-state index is 14.8. The Hall–Kier alpha value is -3.91. The summed E-state index contributed by atoms with van der Waals surface area (Å²) in [5.74, 6) is -1.18. The molecule has 3 aromatic rings. The monoisotopic (exact) mass is 647 g/mol. The number of aromatic nitrogens is 2. The number of ether oxygens (including phenoxy) is 1. The van der Waals surface area contributed by atoms with Crippen molar-refractivity contribution in [1.29, 1.82) is 0 Å². The lowest BCUT2D eigenvalue weighted by Crippen LogP contribution is -2.41. The second kappa shape index (κ2) is 12.5. The van der Waals surface area contributed by atoms with E-state index in [1.54, 1.807) is 18.2 Å². The van der Waals surface area contributed by atoms with Crippen LogP contribution in [0.3, 0.4) is 0 Å². The number of nitrogens with two attached hydrogens (primary N) is 1. The Morgan fingerprint density at radius 3 is 2.53 bits per heavy atom. The first-order valence-corrected chi connectivity index (χ1v) is 16.6. The van der Waals surface area contributed by atoms with E-state index in [0.717, 1.165) is 6.26 Å². The molecule has 0 aliphatic carbocycles. The summed E-state index contributed by atoms with van der Waals surface area (Å²) < 4.78 is 74.6. The molecule has 1 aromatic heterocycles. The SMILES string of the molecule is CCCc1ccc(-c2cccc(S(C)(=O)=O)c2)c([C@@H](Oc2cc(N3CCC4(CC3)CNC(C(=O)O)C4)nc(N)n2)C(F)(F)F)c1. The number of aryl methyl sites for hydroxylation is 1. The molecule has 4 N–H and O–H groups in total. The van der Waals surface area contributed by atoms with Crippen LogP contribution in [0.4, 0.5) is 24.9 Å². The first-order valence-electron chi connectivity index (χ1n) is 14.7. The Morgan fingerprint density at radius 1 is 1.18 bits per heavy atom. The Bertz CT molecular complexity index is 1680. The Balaban J connectivity index is 1.47. The van der Waals surface area contributed by atoms with Gasteiger partial charge in [0.15, 0.2) is 9.84 Å². The lowest BCUT2D eigenvalue weighted by atomic mass is 9.76. The minimum absolute atomic E-state index is 0.0172. The number of halogens is 3. The highest BCUT2D eigenvalue weighted by Crippen LogP contribution is 2.43. The number of hydrogen-bond donors (Lipinski definition) is 3. The molecule has 0 bridgehead atoms. The van der Waals surface area contributed by atoms with Crippen LogP contribution in [0.25, 0.3) is 11.1 Å². The number of nitrogens with zero attached hydrogens (tertiary/aromatic N) is 3. The van der Waals surface area contributed by atoms with Crippen LogP contribution in [0.5, 0.6) is 5.88 Å². The van der Waals surface area contributed by atoms with E-state index in [1.807, 2.05) is 11.8 Å². The zero-order valence-electron chi connectivity index (χ0n) is 25.0. The average molecular weight is 648 g/mol. The zero-order valence-corrected chi connectivity index (χ0v) is 25.8. The minimum atomic E-state index is -4.87. The van der Waals surface area contributed by atoms with Crippen molar-refractivity contribution in [3.63, 3.8) is 0 Å². The first kappa shape index (κ1) is 32.5. The number of hydrogen-bond acceptors (Lipinski definition) is 9. The van der Waals surface area contributed by atoms with Gasteiger partial charge >= 0.3 is 12.1 Å². The van der Waals surface area contributed by atoms with Gasteiger partial charge in [0.25, 0.3) is 0 Å². The largest absolute Gasteiger partial charge is 0.480 e. The molecule has 2 aliphatic rings. The highest BCUT2D eigenvalue weighted by atomic mass is 32.2. The van der Waals surface area contributed by atoms with Gasteiger partial charge < -0.3 is 25.8 Å². The van der Waals surface area contributed by atoms with Gasteiger partial charge in [-0.2, -0.15) is 23.1 Å². The normalized spacial score (nSPS) is 19.0. The van der Waals surface area contributed by atoms with E-state index >= 15 is 0 Å². The van der Waals surface area contributed by atoms with Gasteiger partial charge in [-0.1, -0.05) is 43.7 Å². The molecule has 2 fully saturated rings. The summed E-state index contributed by atoms with van der Waals surface area (Å²) in [7, 11) is -3.61. The van der Waals surface area contributed by atoms with E-state index in [-0.39, 0.29) is 33.3 Å². The summed E-state index contributed by atoms with van der Waals surface area (Å²) in [6.07, 6.45) is -3.19. The van der Waals surface area contributed by atoms with Gasteiger partial charge in [-0.15, -0.1) is 0 Å². The van der Waals surface area contributed by atoms with Crippen LogP contribution in [0.1, 0.15) is 49.8 Å². The molecular weight excluding hydrogens is 611 g/mol. The molecule has 0 saturated carbocycles. The van der Waals surface area contributed by atoms with Crippen LogP contribution < -0.4 is 20.7 Å². The molecule has 2 aliphatic heterocycles. The number of sulfone groups is 1. The third kappa shape index (κ3) is 7.33. The molecule has 1 spiro atoms. The number of anilines is 2. The fourth-order valence-corrected chi connectivity index (χ4v) is 6.86. The maximum atomic E-state index is 14.8. The summed E-state index contributed by atoms with van der Waals surface area (Å²) in [5.41, 5.74) is 6.75. The summed E-state index contributed by atoms with van der Waals surface area (Å²) in [5, 5.41) is 12.4. The summed E-state index contributed by atoms with van der Waals surface area (Å²) in [6.45, 7) is 3.51.